The Morgan fingerprint density at radius 1 is 1.29 bits per heavy atom. The van der Waals surface area contributed by atoms with E-state index in [4.69, 9.17) is 4.42 Å². The van der Waals surface area contributed by atoms with Crippen molar-refractivity contribution in [1.29, 1.82) is 0 Å². The number of carbonyl (C=O) groups is 1. The lowest BCUT2D eigenvalue weighted by Gasteiger charge is -2.22. The number of rotatable bonds is 5. The van der Waals surface area contributed by atoms with E-state index < -0.39 is 11.5 Å². The van der Waals surface area contributed by atoms with Crippen molar-refractivity contribution < 1.29 is 9.21 Å². The zero-order valence-electron chi connectivity index (χ0n) is 17.0. The molecule has 4 rings (SSSR count). The first-order chi connectivity index (χ1) is 14.1. The van der Waals surface area contributed by atoms with Crippen LogP contribution in [0.5, 0.6) is 0 Å². The van der Waals surface area contributed by atoms with Gasteiger partial charge in [-0.25, -0.2) is 14.5 Å². The van der Waals surface area contributed by atoms with Gasteiger partial charge in [0.2, 0.25) is 0 Å². The zero-order valence-corrected chi connectivity index (χ0v) is 18.7. The first-order valence-corrected chi connectivity index (χ1v) is 9.69. The smallest absolute Gasteiger partial charge is 0.349 e. The maximum absolute atomic E-state index is 12.6. The number of hydrogen-bond donors (Lipinski definition) is 2. The molecule has 0 radical (unpaired) electrons. The Balaban J connectivity index is 0.00000171. The van der Waals surface area contributed by atoms with Gasteiger partial charge in [-0.3, -0.25) is 4.79 Å². The van der Waals surface area contributed by atoms with Crippen LogP contribution in [0.15, 0.2) is 52.2 Å². The maximum atomic E-state index is 12.6. The third-order valence-electron chi connectivity index (χ3n) is 5.17. The Bertz CT molecular complexity index is 1050. The summed E-state index contributed by atoms with van der Waals surface area (Å²) in [5, 5.41) is 10.2. The van der Waals surface area contributed by atoms with Crippen LogP contribution in [0.2, 0.25) is 0 Å². The van der Waals surface area contributed by atoms with Crippen LogP contribution in [0.4, 0.5) is 0 Å². The predicted molar refractivity (Wildman–Crippen MR) is 122 cm³/mol. The maximum Gasteiger partial charge on any atom is 0.349 e. The molecule has 1 aliphatic heterocycles. The molecule has 0 aliphatic carbocycles. The first kappa shape index (κ1) is 24.6. The SMILES string of the molecule is Cc1cc(C2CCCNC2)oc(=O)c1C(=O)NCc1ccc(-n2cncn2)cc1.Cl.Cl. The zero-order chi connectivity index (χ0) is 20.2. The molecule has 1 aliphatic rings. The first-order valence-electron chi connectivity index (χ1n) is 9.69. The molecule has 1 saturated heterocycles. The second-order valence-electron chi connectivity index (χ2n) is 7.23. The fourth-order valence-electron chi connectivity index (χ4n) is 3.58. The topological polar surface area (TPSA) is 102 Å². The van der Waals surface area contributed by atoms with Gasteiger partial charge in [-0.1, -0.05) is 12.1 Å². The van der Waals surface area contributed by atoms with Crippen LogP contribution >= 0.6 is 24.8 Å². The highest BCUT2D eigenvalue weighted by Gasteiger charge is 2.22. The molecule has 0 saturated carbocycles. The van der Waals surface area contributed by atoms with Crippen LogP contribution in [0.1, 0.15) is 46.0 Å². The van der Waals surface area contributed by atoms with Gasteiger partial charge in [-0.05, 0) is 55.6 Å². The van der Waals surface area contributed by atoms with Gasteiger partial charge in [-0.15, -0.1) is 24.8 Å². The standard InChI is InChI=1S/C21H23N5O3.2ClH/c1-14-9-18(16-3-2-8-22-11-16)29-21(28)19(14)20(27)24-10-15-4-6-17(7-5-15)26-13-23-12-25-26;;/h4-7,9,12-13,16,22H,2-3,8,10-11H2,1H3,(H,24,27);2*1H. The minimum Gasteiger partial charge on any atom is -0.427 e. The lowest BCUT2D eigenvalue weighted by Crippen LogP contribution is -2.31. The Morgan fingerprint density at radius 3 is 2.68 bits per heavy atom. The summed E-state index contributed by atoms with van der Waals surface area (Å²) in [6.07, 6.45) is 5.11. The number of hydrogen-bond acceptors (Lipinski definition) is 6. The molecular formula is C21H25Cl2N5O3. The van der Waals surface area contributed by atoms with Crippen LogP contribution in [0.25, 0.3) is 5.69 Å². The number of carbonyl (C=O) groups excluding carboxylic acids is 1. The highest BCUT2D eigenvalue weighted by Crippen LogP contribution is 2.23. The molecule has 1 atom stereocenters. The third-order valence-corrected chi connectivity index (χ3v) is 5.17. The van der Waals surface area contributed by atoms with E-state index in [-0.39, 0.29) is 36.3 Å². The molecule has 8 nitrogen and oxygen atoms in total. The minimum atomic E-state index is -0.579. The molecule has 31 heavy (non-hydrogen) atoms. The Kier molecular flexibility index (Phi) is 8.79. The second kappa shape index (κ2) is 11.1. The lowest BCUT2D eigenvalue weighted by atomic mass is 9.95. The molecule has 166 valence electrons. The van der Waals surface area contributed by atoms with E-state index in [2.05, 4.69) is 20.7 Å². The highest BCUT2D eigenvalue weighted by atomic mass is 35.5. The monoisotopic (exact) mass is 465 g/mol. The van der Waals surface area contributed by atoms with Gasteiger partial charge in [-0.2, -0.15) is 5.10 Å². The third kappa shape index (κ3) is 5.72. The Labute approximate surface area is 192 Å². The van der Waals surface area contributed by atoms with E-state index in [9.17, 15) is 9.59 Å². The summed E-state index contributed by atoms with van der Waals surface area (Å²) < 4.78 is 7.14. The summed E-state index contributed by atoms with van der Waals surface area (Å²) in [6, 6.07) is 9.39. The number of aryl methyl sites for hydroxylation is 1. The fraction of sp³-hybridized carbons (Fsp3) is 0.333. The van der Waals surface area contributed by atoms with Crippen molar-refractivity contribution in [2.75, 3.05) is 13.1 Å². The molecule has 1 aromatic carbocycles. The van der Waals surface area contributed by atoms with E-state index >= 15 is 0 Å². The fourth-order valence-corrected chi connectivity index (χ4v) is 3.58. The number of piperidine rings is 1. The van der Waals surface area contributed by atoms with Gasteiger partial charge in [0, 0.05) is 19.0 Å². The van der Waals surface area contributed by atoms with E-state index in [1.807, 2.05) is 30.3 Å². The quantitative estimate of drug-likeness (QED) is 0.600. The van der Waals surface area contributed by atoms with E-state index in [0.29, 0.717) is 17.9 Å². The number of nitrogens with one attached hydrogen (secondary N) is 2. The average molecular weight is 466 g/mol. The van der Waals surface area contributed by atoms with Crippen LogP contribution in [-0.2, 0) is 6.54 Å². The molecule has 0 spiro atoms. The average Bonchev–Trinajstić information content (AvgIpc) is 3.28. The van der Waals surface area contributed by atoms with E-state index in [1.165, 1.54) is 6.33 Å². The van der Waals surface area contributed by atoms with Crippen LogP contribution in [0, 0.1) is 6.92 Å². The summed E-state index contributed by atoms with van der Waals surface area (Å²) >= 11 is 0. The van der Waals surface area contributed by atoms with Crippen molar-refractivity contribution in [3.05, 3.63) is 75.9 Å². The molecule has 1 unspecified atom stereocenters. The number of benzene rings is 1. The number of halogens is 2. The van der Waals surface area contributed by atoms with Gasteiger partial charge in [0.05, 0.1) is 5.69 Å². The van der Waals surface area contributed by atoms with Crippen LogP contribution < -0.4 is 16.3 Å². The molecular weight excluding hydrogens is 441 g/mol. The van der Waals surface area contributed by atoms with Gasteiger partial charge in [0.25, 0.3) is 5.91 Å². The molecule has 1 fully saturated rings. The predicted octanol–water partition coefficient (Wildman–Crippen LogP) is 2.77. The van der Waals surface area contributed by atoms with E-state index in [1.54, 1.807) is 17.9 Å². The van der Waals surface area contributed by atoms with Gasteiger partial charge in [0.15, 0.2) is 0 Å². The number of aromatic nitrogens is 3. The largest absolute Gasteiger partial charge is 0.427 e. The molecule has 3 heterocycles. The summed E-state index contributed by atoms with van der Waals surface area (Å²) in [6.45, 7) is 3.86. The van der Waals surface area contributed by atoms with Crippen molar-refractivity contribution in [3.8, 4) is 5.69 Å². The van der Waals surface area contributed by atoms with Crippen molar-refractivity contribution in [3.63, 3.8) is 0 Å². The molecule has 2 aromatic heterocycles. The summed E-state index contributed by atoms with van der Waals surface area (Å²) in [5.41, 5.74) is 1.92. The lowest BCUT2D eigenvalue weighted by molar-refractivity contribution is 0.0945. The Morgan fingerprint density at radius 2 is 2.06 bits per heavy atom. The molecule has 1 amide bonds. The normalized spacial score (nSPS) is 15.5. The number of nitrogens with zero attached hydrogens (tertiary/aromatic N) is 3. The van der Waals surface area contributed by atoms with Crippen molar-refractivity contribution >= 4 is 30.7 Å². The molecule has 2 N–H and O–H groups in total. The highest BCUT2D eigenvalue weighted by molar-refractivity contribution is 5.95. The van der Waals surface area contributed by atoms with Gasteiger partial charge >= 0.3 is 5.63 Å². The number of amides is 1. The summed E-state index contributed by atoms with van der Waals surface area (Å²) in [5.74, 6) is 0.403. The van der Waals surface area contributed by atoms with E-state index in [0.717, 1.165) is 37.2 Å². The summed E-state index contributed by atoms with van der Waals surface area (Å²) in [7, 11) is 0. The second-order valence-corrected chi connectivity index (χ2v) is 7.23. The minimum absolute atomic E-state index is 0. The van der Waals surface area contributed by atoms with Gasteiger partial charge in [0.1, 0.15) is 24.0 Å². The van der Waals surface area contributed by atoms with Crippen LogP contribution in [-0.4, -0.2) is 33.8 Å². The molecule has 0 bridgehead atoms. The van der Waals surface area contributed by atoms with Crippen molar-refractivity contribution in [2.45, 2.75) is 32.2 Å². The van der Waals surface area contributed by atoms with Crippen molar-refractivity contribution in [2.24, 2.45) is 0 Å². The summed E-state index contributed by atoms with van der Waals surface area (Å²) in [4.78, 5) is 29.0. The molecule has 3 aromatic rings. The van der Waals surface area contributed by atoms with Gasteiger partial charge < -0.3 is 15.1 Å². The molecule has 10 heteroatoms. The van der Waals surface area contributed by atoms with Crippen LogP contribution in [0.3, 0.4) is 0 Å². The Hall–Kier alpha value is -2.68. The van der Waals surface area contributed by atoms with Crippen molar-refractivity contribution in [1.82, 2.24) is 25.4 Å².